The van der Waals surface area contributed by atoms with Crippen LogP contribution in [0, 0.1) is 0 Å². The van der Waals surface area contributed by atoms with Crippen LogP contribution in [0.1, 0.15) is 13.8 Å². The fourth-order valence-corrected chi connectivity index (χ4v) is 2.08. The van der Waals surface area contributed by atoms with E-state index in [1.807, 2.05) is 56.7 Å². The summed E-state index contributed by atoms with van der Waals surface area (Å²) >= 11 is 0. The first-order valence-corrected chi connectivity index (χ1v) is 8.07. The molecule has 0 aliphatic heterocycles. The molecule has 130 valence electrons. The van der Waals surface area contributed by atoms with Gasteiger partial charge in [-0.1, -0.05) is 12.2 Å². The van der Waals surface area contributed by atoms with Gasteiger partial charge in [0.15, 0.2) is 0 Å². The first-order chi connectivity index (χ1) is 12.2. The summed E-state index contributed by atoms with van der Waals surface area (Å²) in [6.07, 6.45) is 12.8. The Balaban J connectivity index is 2.06. The van der Waals surface area contributed by atoms with Crippen LogP contribution in [0.4, 0.5) is 0 Å². The Morgan fingerprint density at radius 2 is 2.20 bits per heavy atom. The fraction of sp³-hybridized carbons (Fsp3) is 0.211. The summed E-state index contributed by atoms with van der Waals surface area (Å²) in [6, 6.07) is 5.79. The average molecular weight is 337 g/mol. The van der Waals surface area contributed by atoms with Crippen molar-refractivity contribution in [1.82, 2.24) is 25.4 Å². The van der Waals surface area contributed by atoms with Gasteiger partial charge in [0.2, 0.25) is 5.91 Å². The maximum atomic E-state index is 11.7. The number of pyridine rings is 1. The molecule has 0 atom stereocenters. The van der Waals surface area contributed by atoms with E-state index in [9.17, 15) is 4.79 Å². The van der Waals surface area contributed by atoms with Crippen molar-refractivity contribution in [2.24, 2.45) is 0 Å². The number of hydrogen-bond donors (Lipinski definition) is 2. The summed E-state index contributed by atoms with van der Waals surface area (Å²) < 4.78 is 1.77. The monoisotopic (exact) mass is 337 g/mol. The van der Waals surface area contributed by atoms with Gasteiger partial charge in [-0.3, -0.25) is 9.78 Å². The van der Waals surface area contributed by atoms with Gasteiger partial charge in [-0.2, -0.15) is 5.10 Å². The third-order valence-electron chi connectivity index (χ3n) is 3.56. The lowest BCUT2D eigenvalue weighted by molar-refractivity contribution is -0.117. The van der Waals surface area contributed by atoms with E-state index in [1.165, 1.54) is 0 Å². The number of carbonyl (C=O) groups is 1. The number of hydrogen-bond acceptors (Lipinski definition) is 4. The van der Waals surface area contributed by atoms with E-state index in [0.29, 0.717) is 12.1 Å². The van der Waals surface area contributed by atoms with Crippen LogP contribution in [0.15, 0.2) is 66.8 Å². The lowest BCUT2D eigenvalue weighted by Gasteiger charge is -2.04. The van der Waals surface area contributed by atoms with E-state index >= 15 is 0 Å². The third-order valence-corrected chi connectivity index (χ3v) is 3.56. The first-order valence-electron chi connectivity index (χ1n) is 8.07. The zero-order valence-electron chi connectivity index (χ0n) is 14.7. The molecule has 2 aromatic rings. The summed E-state index contributed by atoms with van der Waals surface area (Å²) in [6.45, 7) is 4.08. The number of carbonyl (C=O) groups excluding carboxylic acids is 1. The number of nitrogens with one attached hydrogen (secondary N) is 2. The second-order valence-electron chi connectivity index (χ2n) is 5.33. The minimum Gasteiger partial charge on any atom is -0.392 e. The van der Waals surface area contributed by atoms with Crippen LogP contribution < -0.4 is 10.6 Å². The SMILES string of the molecule is C/C=C(\C)C(=O)NC/C=C\C(=C/NC)n1ccc(-c2cccnc2)n1. The number of aromatic nitrogens is 3. The quantitative estimate of drug-likeness (QED) is 0.602. The van der Waals surface area contributed by atoms with Gasteiger partial charge >= 0.3 is 0 Å². The van der Waals surface area contributed by atoms with E-state index in [-0.39, 0.29) is 5.91 Å². The molecule has 2 heterocycles. The van der Waals surface area contributed by atoms with Crippen molar-refractivity contribution in [1.29, 1.82) is 0 Å². The van der Waals surface area contributed by atoms with Gasteiger partial charge in [0, 0.05) is 49.5 Å². The Morgan fingerprint density at radius 1 is 1.36 bits per heavy atom. The number of nitrogens with zero attached hydrogens (tertiary/aromatic N) is 3. The van der Waals surface area contributed by atoms with Crippen molar-refractivity contribution in [3.05, 3.63) is 66.8 Å². The standard InChI is InChI=1S/C19H23N5O/c1-4-15(2)19(25)22-11-6-8-17(14-20-3)24-12-9-18(23-24)16-7-5-10-21-13-16/h4-10,12-14,20H,11H2,1-3H3,(H,22,25)/b8-6-,15-4+,17-14+. The molecule has 2 rings (SSSR count). The van der Waals surface area contributed by atoms with E-state index in [2.05, 4.69) is 20.7 Å². The minimum absolute atomic E-state index is 0.0655. The predicted octanol–water partition coefficient (Wildman–Crippen LogP) is 2.60. The summed E-state index contributed by atoms with van der Waals surface area (Å²) in [5, 5.41) is 10.4. The topological polar surface area (TPSA) is 71.8 Å². The molecule has 0 bridgehead atoms. The van der Waals surface area contributed by atoms with E-state index in [4.69, 9.17) is 0 Å². The molecule has 0 aliphatic rings. The predicted molar refractivity (Wildman–Crippen MR) is 100 cm³/mol. The van der Waals surface area contributed by atoms with E-state index < -0.39 is 0 Å². The van der Waals surface area contributed by atoms with Crippen LogP contribution in [0.3, 0.4) is 0 Å². The molecular formula is C19H23N5O. The lowest BCUT2D eigenvalue weighted by Crippen LogP contribution is -2.23. The second-order valence-corrected chi connectivity index (χ2v) is 5.33. The Kier molecular flexibility index (Phi) is 6.71. The van der Waals surface area contributed by atoms with Crippen molar-refractivity contribution in [3.8, 4) is 11.3 Å². The van der Waals surface area contributed by atoms with E-state index in [0.717, 1.165) is 17.0 Å². The van der Waals surface area contributed by atoms with Crippen LogP contribution in [0.25, 0.3) is 17.0 Å². The van der Waals surface area contributed by atoms with E-state index in [1.54, 1.807) is 30.1 Å². The molecule has 25 heavy (non-hydrogen) atoms. The molecule has 6 nitrogen and oxygen atoms in total. The zero-order chi connectivity index (χ0) is 18.1. The van der Waals surface area contributed by atoms with Gasteiger partial charge in [0.05, 0.1) is 11.4 Å². The average Bonchev–Trinajstić information content (AvgIpc) is 3.14. The molecule has 0 unspecified atom stereocenters. The van der Waals surface area contributed by atoms with Crippen LogP contribution in [-0.2, 0) is 4.79 Å². The number of rotatable bonds is 7. The molecule has 2 N–H and O–H groups in total. The van der Waals surface area contributed by atoms with Gasteiger partial charge in [-0.05, 0) is 38.1 Å². The Bertz CT molecular complexity index is 787. The van der Waals surface area contributed by atoms with Gasteiger partial charge in [-0.25, -0.2) is 4.68 Å². The Morgan fingerprint density at radius 3 is 2.88 bits per heavy atom. The molecule has 1 amide bonds. The largest absolute Gasteiger partial charge is 0.392 e. The lowest BCUT2D eigenvalue weighted by atomic mass is 10.2. The molecule has 0 fully saturated rings. The van der Waals surface area contributed by atoms with Crippen molar-refractivity contribution in [3.63, 3.8) is 0 Å². The van der Waals surface area contributed by atoms with Crippen LogP contribution in [0.5, 0.6) is 0 Å². The molecule has 0 radical (unpaired) electrons. The van der Waals surface area contributed by atoms with Crippen LogP contribution in [-0.4, -0.2) is 34.3 Å². The van der Waals surface area contributed by atoms with Gasteiger partial charge in [-0.15, -0.1) is 0 Å². The van der Waals surface area contributed by atoms with Gasteiger partial charge < -0.3 is 10.6 Å². The van der Waals surface area contributed by atoms with Crippen molar-refractivity contribution >= 4 is 11.6 Å². The van der Waals surface area contributed by atoms with Gasteiger partial charge in [0.1, 0.15) is 0 Å². The third kappa shape index (κ3) is 5.17. The van der Waals surface area contributed by atoms with Crippen molar-refractivity contribution in [2.45, 2.75) is 13.8 Å². The smallest absolute Gasteiger partial charge is 0.246 e. The highest BCUT2D eigenvalue weighted by Crippen LogP contribution is 2.16. The van der Waals surface area contributed by atoms with Crippen LogP contribution >= 0.6 is 0 Å². The minimum atomic E-state index is -0.0655. The highest BCUT2D eigenvalue weighted by Gasteiger charge is 2.04. The number of allylic oxidation sites excluding steroid dienone is 3. The number of amides is 1. The Labute approximate surface area is 148 Å². The normalized spacial score (nSPS) is 12.4. The molecular weight excluding hydrogens is 314 g/mol. The molecule has 0 saturated heterocycles. The molecule has 0 spiro atoms. The summed E-state index contributed by atoms with van der Waals surface area (Å²) in [5.74, 6) is -0.0655. The molecule has 0 saturated carbocycles. The first kappa shape index (κ1) is 18.2. The maximum Gasteiger partial charge on any atom is 0.246 e. The van der Waals surface area contributed by atoms with Crippen LogP contribution in [0.2, 0.25) is 0 Å². The molecule has 0 aliphatic carbocycles. The molecule has 2 aromatic heterocycles. The summed E-state index contributed by atoms with van der Waals surface area (Å²) in [5.41, 5.74) is 3.37. The summed E-state index contributed by atoms with van der Waals surface area (Å²) in [4.78, 5) is 15.8. The maximum absolute atomic E-state index is 11.7. The Hall–Kier alpha value is -3.15. The van der Waals surface area contributed by atoms with Crippen molar-refractivity contribution in [2.75, 3.05) is 13.6 Å². The highest BCUT2D eigenvalue weighted by molar-refractivity contribution is 5.92. The summed E-state index contributed by atoms with van der Waals surface area (Å²) in [7, 11) is 1.83. The fourth-order valence-electron chi connectivity index (χ4n) is 2.08. The zero-order valence-corrected chi connectivity index (χ0v) is 14.7. The van der Waals surface area contributed by atoms with Crippen molar-refractivity contribution < 1.29 is 4.79 Å². The highest BCUT2D eigenvalue weighted by atomic mass is 16.1. The second kappa shape index (κ2) is 9.22. The molecule has 6 heteroatoms. The van der Waals surface area contributed by atoms with Gasteiger partial charge in [0.25, 0.3) is 0 Å². The molecule has 0 aromatic carbocycles.